The van der Waals surface area contributed by atoms with E-state index < -0.39 is 0 Å². The van der Waals surface area contributed by atoms with Crippen LogP contribution < -0.4 is 15.0 Å². The molecule has 0 fully saturated rings. The first-order chi connectivity index (χ1) is 14.5. The molecule has 0 atom stereocenters. The Bertz CT molecular complexity index is 1130. The van der Waals surface area contributed by atoms with Crippen molar-refractivity contribution in [2.24, 2.45) is 0 Å². The number of benzene rings is 2. The minimum atomic E-state index is -0.0898. The smallest absolute Gasteiger partial charge is 0.255 e. The van der Waals surface area contributed by atoms with Crippen LogP contribution >= 0.6 is 11.6 Å². The number of rotatable bonds is 5. The molecule has 0 amide bonds. The number of aromatic nitrogens is 2. The Labute approximate surface area is 180 Å². The summed E-state index contributed by atoms with van der Waals surface area (Å²) in [4.78, 5) is 22.7. The SMILES string of the molecule is COc1cc(C)c(CN2CCc3nc(-c4ccc(Cl)cc4)[nH]c(=O)c3C2)c(OC)c1. The Morgan fingerprint density at radius 2 is 1.93 bits per heavy atom. The number of ether oxygens (including phenoxy) is 2. The van der Waals surface area contributed by atoms with Crippen molar-refractivity contribution in [2.45, 2.75) is 26.4 Å². The lowest BCUT2D eigenvalue weighted by molar-refractivity contribution is 0.237. The third-order valence-electron chi connectivity index (χ3n) is 5.51. The highest BCUT2D eigenvalue weighted by Gasteiger charge is 2.23. The molecule has 0 saturated heterocycles. The van der Waals surface area contributed by atoms with Crippen LogP contribution in [0.4, 0.5) is 0 Å². The molecule has 1 aromatic heterocycles. The summed E-state index contributed by atoms with van der Waals surface area (Å²) in [6.45, 7) is 4.10. The summed E-state index contributed by atoms with van der Waals surface area (Å²) in [5, 5.41) is 0.652. The highest BCUT2D eigenvalue weighted by molar-refractivity contribution is 6.30. The number of nitrogens with one attached hydrogen (secondary N) is 1. The fraction of sp³-hybridized carbons (Fsp3) is 0.304. The molecule has 0 bridgehead atoms. The van der Waals surface area contributed by atoms with Crippen LogP contribution in [0.2, 0.25) is 5.02 Å². The summed E-state index contributed by atoms with van der Waals surface area (Å²) in [6.07, 6.45) is 0.720. The Hall–Kier alpha value is -2.83. The van der Waals surface area contributed by atoms with Crippen molar-refractivity contribution < 1.29 is 9.47 Å². The van der Waals surface area contributed by atoms with Crippen molar-refractivity contribution in [3.63, 3.8) is 0 Å². The Morgan fingerprint density at radius 3 is 2.63 bits per heavy atom. The topological polar surface area (TPSA) is 67.5 Å². The lowest BCUT2D eigenvalue weighted by atomic mass is 10.0. The van der Waals surface area contributed by atoms with Crippen LogP contribution in [0.15, 0.2) is 41.2 Å². The van der Waals surface area contributed by atoms with Gasteiger partial charge in [-0.05, 0) is 42.8 Å². The van der Waals surface area contributed by atoms with Gasteiger partial charge in [0, 0.05) is 48.3 Å². The second kappa shape index (κ2) is 8.50. The van der Waals surface area contributed by atoms with E-state index in [1.807, 2.05) is 31.2 Å². The molecule has 6 nitrogen and oxygen atoms in total. The van der Waals surface area contributed by atoms with Crippen molar-refractivity contribution in [1.82, 2.24) is 14.9 Å². The molecule has 1 aliphatic rings. The maximum Gasteiger partial charge on any atom is 0.255 e. The van der Waals surface area contributed by atoms with Crippen LogP contribution in [0.1, 0.15) is 22.4 Å². The monoisotopic (exact) mass is 425 g/mol. The van der Waals surface area contributed by atoms with Gasteiger partial charge in [-0.1, -0.05) is 11.6 Å². The standard InChI is InChI=1S/C23H24ClN3O3/c1-14-10-17(29-2)11-21(30-3)18(14)12-27-9-8-20-19(13-27)23(28)26-22(25-20)15-4-6-16(24)7-5-15/h4-7,10-11H,8-9,12-13H2,1-3H3,(H,25,26,28). The van der Waals surface area contributed by atoms with Gasteiger partial charge in [-0.15, -0.1) is 0 Å². The highest BCUT2D eigenvalue weighted by atomic mass is 35.5. The van der Waals surface area contributed by atoms with Crippen molar-refractivity contribution in [1.29, 1.82) is 0 Å². The van der Waals surface area contributed by atoms with Gasteiger partial charge in [-0.2, -0.15) is 0 Å². The average Bonchev–Trinajstić information content (AvgIpc) is 2.75. The van der Waals surface area contributed by atoms with Crippen LogP contribution in [0.25, 0.3) is 11.4 Å². The summed E-state index contributed by atoms with van der Waals surface area (Å²) in [5.74, 6) is 2.15. The number of fused-ring (bicyclic) bond motifs is 1. The molecule has 4 rings (SSSR count). The summed E-state index contributed by atoms with van der Waals surface area (Å²) in [7, 11) is 3.31. The first-order valence-electron chi connectivity index (χ1n) is 9.80. The first-order valence-corrected chi connectivity index (χ1v) is 10.2. The zero-order chi connectivity index (χ0) is 21.3. The second-order valence-corrected chi connectivity index (χ2v) is 7.87. The van der Waals surface area contributed by atoms with E-state index in [1.165, 1.54) is 0 Å². The number of methoxy groups -OCH3 is 2. The molecular formula is C23H24ClN3O3. The number of H-pyrrole nitrogens is 1. The number of aryl methyl sites for hydroxylation is 1. The Morgan fingerprint density at radius 1 is 1.17 bits per heavy atom. The van der Waals surface area contributed by atoms with E-state index in [4.69, 9.17) is 26.1 Å². The molecule has 30 heavy (non-hydrogen) atoms. The maximum atomic E-state index is 12.8. The van der Waals surface area contributed by atoms with Crippen LogP contribution in [0.3, 0.4) is 0 Å². The predicted molar refractivity (Wildman–Crippen MR) is 117 cm³/mol. The molecule has 2 heterocycles. The van der Waals surface area contributed by atoms with E-state index in [0.29, 0.717) is 23.9 Å². The van der Waals surface area contributed by atoms with Gasteiger partial charge in [0.2, 0.25) is 0 Å². The third-order valence-corrected chi connectivity index (χ3v) is 5.76. The van der Waals surface area contributed by atoms with E-state index in [1.54, 1.807) is 26.4 Å². The molecule has 0 spiro atoms. The van der Waals surface area contributed by atoms with Gasteiger partial charge < -0.3 is 14.5 Å². The van der Waals surface area contributed by atoms with Crippen molar-refractivity contribution in [3.05, 3.63) is 74.2 Å². The quantitative estimate of drug-likeness (QED) is 0.669. The molecule has 1 aliphatic heterocycles. The first kappa shape index (κ1) is 20.4. The van der Waals surface area contributed by atoms with E-state index in [0.717, 1.165) is 52.4 Å². The fourth-order valence-corrected chi connectivity index (χ4v) is 3.97. The van der Waals surface area contributed by atoms with Gasteiger partial charge in [0.25, 0.3) is 5.56 Å². The van der Waals surface area contributed by atoms with Crippen LogP contribution in [0, 0.1) is 6.92 Å². The molecule has 3 aromatic rings. The van der Waals surface area contributed by atoms with Gasteiger partial charge >= 0.3 is 0 Å². The minimum Gasteiger partial charge on any atom is -0.497 e. The summed E-state index contributed by atoms with van der Waals surface area (Å²) in [5.41, 5.74) is 4.54. The van der Waals surface area contributed by atoms with Crippen LogP contribution in [0.5, 0.6) is 11.5 Å². The number of aromatic amines is 1. The molecule has 1 N–H and O–H groups in total. The largest absolute Gasteiger partial charge is 0.497 e. The zero-order valence-corrected chi connectivity index (χ0v) is 18.0. The molecule has 2 aromatic carbocycles. The minimum absolute atomic E-state index is 0.0898. The van der Waals surface area contributed by atoms with Crippen molar-refractivity contribution >= 4 is 11.6 Å². The summed E-state index contributed by atoms with van der Waals surface area (Å²) >= 11 is 5.96. The third kappa shape index (κ3) is 4.06. The van der Waals surface area contributed by atoms with Gasteiger partial charge in [0.15, 0.2) is 0 Å². The van der Waals surface area contributed by atoms with Crippen molar-refractivity contribution in [2.75, 3.05) is 20.8 Å². The maximum absolute atomic E-state index is 12.8. The van der Waals surface area contributed by atoms with Crippen molar-refractivity contribution in [3.8, 4) is 22.9 Å². The lowest BCUT2D eigenvalue weighted by Crippen LogP contribution is -2.35. The number of halogens is 1. The number of hydrogen-bond acceptors (Lipinski definition) is 5. The Kier molecular flexibility index (Phi) is 5.79. The van der Waals surface area contributed by atoms with Crippen LogP contribution in [-0.4, -0.2) is 35.6 Å². The van der Waals surface area contributed by atoms with Gasteiger partial charge in [-0.25, -0.2) is 4.98 Å². The van der Waals surface area contributed by atoms with Gasteiger partial charge in [-0.3, -0.25) is 9.69 Å². The van der Waals surface area contributed by atoms with E-state index in [2.05, 4.69) is 9.88 Å². The molecule has 156 valence electrons. The summed E-state index contributed by atoms with van der Waals surface area (Å²) < 4.78 is 10.9. The van der Waals surface area contributed by atoms with E-state index >= 15 is 0 Å². The second-order valence-electron chi connectivity index (χ2n) is 7.43. The molecular weight excluding hydrogens is 402 g/mol. The fourth-order valence-electron chi connectivity index (χ4n) is 3.84. The van der Waals surface area contributed by atoms with Gasteiger partial charge in [0.05, 0.1) is 25.5 Å². The van der Waals surface area contributed by atoms with Crippen LogP contribution in [-0.2, 0) is 19.5 Å². The van der Waals surface area contributed by atoms with E-state index in [9.17, 15) is 4.79 Å². The average molecular weight is 426 g/mol. The van der Waals surface area contributed by atoms with E-state index in [-0.39, 0.29) is 5.56 Å². The number of nitrogens with zero attached hydrogens (tertiary/aromatic N) is 2. The predicted octanol–water partition coefficient (Wildman–Crippen LogP) is 3.97. The molecule has 0 aliphatic carbocycles. The zero-order valence-electron chi connectivity index (χ0n) is 17.3. The molecule has 0 unspecified atom stereocenters. The Balaban J connectivity index is 1.59. The van der Waals surface area contributed by atoms with Gasteiger partial charge in [0.1, 0.15) is 17.3 Å². The molecule has 7 heteroatoms. The lowest BCUT2D eigenvalue weighted by Gasteiger charge is -2.29. The number of hydrogen-bond donors (Lipinski definition) is 1. The summed E-state index contributed by atoms with van der Waals surface area (Å²) in [6, 6.07) is 11.2. The molecule has 0 saturated carbocycles. The molecule has 0 radical (unpaired) electrons. The normalized spacial score (nSPS) is 13.7. The highest BCUT2D eigenvalue weighted by Crippen LogP contribution is 2.30.